The van der Waals surface area contributed by atoms with E-state index >= 15 is 0 Å². The van der Waals surface area contributed by atoms with Gasteiger partial charge in [-0.2, -0.15) is 0 Å². The lowest BCUT2D eigenvalue weighted by Gasteiger charge is -2.37. The van der Waals surface area contributed by atoms with Gasteiger partial charge in [0.15, 0.2) is 0 Å². The molecule has 0 saturated carbocycles. The first kappa shape index (κ1) is 19.4. The van der Waals surface area contributed by atoms with E-state index in [1.807, 2.05) is 27.7 Å². The first-order chi connectivity index (χ1) is 9.90. The van der Waals surface area contributed by atoms with Crippen molar-refractivity contribution in [2.75, 3.05) is 32.9 Å². The Labute approximate surface area is 134 Å². The molecule has 1 saturated heterocycles. The molecule has 1 heterocycles. The predicted molar refractivity (Wildman–Crippen MR) is 87.1 cm³/mol. The van der Waals surface area contributed by atoms with Gasteiger partial charge < -0.3 is 4.74 Å². The van der Waals surface area contributed by atoms with Crippen molar-refractivity contribution in [1.29, 1.82) is 0 Å². The molecule has 1 aliphatic rings. The highest BCUT2D eigenvalue weighted by atomic mass is 32.2. The Hall–Kier alpha value is -0.660. The number of sulfonamides is 1. The van der Waals surface area contributed by atoms with Crippen LogP contribution in [0, 0.1) is 5.92 Å². The fourth-order valence-electron chi connectivity index (χ4n) is 2.63. The summed E-state index contributed by atoms with van der Waals surface area (Å²) in [5.74, 6) is 0.0305. The van der Waals surface area contributed by atoms with Crippen molar-refractivity contribution in [3.05, 3.63) is 0 Å². The molecule has 0 radical (unpaired) electrons. The van der Waals surface area contributed by atoms with Crippen molar-refractivity contribution in [3.63, 3.8) is 0 Å². The SMILES string of the molecule is C[C@H](C(=O)OC(C)(C)C)N1CCC[C@@H](CN(C)S(C)(=O)=O)C1. The Kier molecular flexibility index (Phi) is 6.41. The Bertz CT molecular complexity index is 484. The van der Waals surface area contributed by atoms with Gasteiger partial charge in [0.25, 0.3) is 0 Å². The molecule has 0 N–H and O–H groups in total. The Morgan fingerprint density at radius 3 is 2.50 bits per heavy atom. The van der Waals surface area contributed by atoms with Gasteiger partial charge >= 0.3 is 5.97 Å². The summed E-state index contributed by atoms with van der Waals surface area (Å²) < 4.78 is 29.9. The average Bonchev–Trinajstić information content (AvgIpc) is 2.35. The summed E-state index contributed by atoms with van der Waals surface area (Å²) in [7, 11) is -1.55. The second-order valence-corrected chi connectivity index (χ2v) is 9.35. The molecule has 0 aromatic rings. The van der Waals surface area contributed by atoms with Crippen LogP contribution in [-0.2, 0) is 19.6 Å². The number of rotatable bonds is 5. The minimum atomic E-state index is -3.16. The highest BCUT2D eigenvalue weighted by molar-refractivity contribution is 7.88. The Balaban J connectivity index is 2.61. The van der Waals surface area contributed by atoms with Gasteiger partial charge in [-0.25, -0.2) is 12.7 Å². The largest absolute Gasteiger partial charge is 0.459 e. The Morgan fingerprint density at radius 2 is 2.00 bits per heavy atom. The number of hydrogen-bond acceptors (Lipinski definition) is 5. The second-order valence-electron chi connectivity index (χ2n) is 7.26. The lowest BCUT2D eigenvalue weighted by molar-refractivity contribution is -0.161. The van der Waals surface area contributed by atoms with E-state index in [1.54, 1.807) is 7.05 Å². The molecular weight excluding hydrogens is 304 g/mol. The highest BCUT2D eigenvalue weighted by Gasteiger charge is 2.31. The normalized spacial score (nSPS) is 22.6. The summed E-state index contributed by atoms with van der Waals surface area (Å²) >= 11 is 0. The lowest BCUT2D eigenvalue weighted by Crippen LogP contribution is -2.49. The maximum atomic E-state index is 12.2. The molecule has 0 unspecified atom stereocenters. The Morgan fingerprint density at radius 1 is 1.41 bits per heavy atom. The molecule has 0 spiro atoms. The van der Waals surface area contributed by atoms with Gasteiger partial charge in [0.05, 0.1) is 6.26 Å². The number of nitrogens with zero attached hydrogens (tertiary/aromatic N) is 2. The zero-order valence-electron chi connectivity index (χ0n) is 14.6. The van der Waals surface area contributed by atoms with Gasteiger partial charge in [-0.3, -0.25) is 9.69 Å². The van der Waals surface area contributed by atoms with Gasteiger partial charge in [0.1, 0.15) is 11.6 Å². The molecule has 7 heteroatoms. The number of piperidine rings is 1. The number of esters is 1. The van der Waals surface area contributed by atoms with Crippen LogP contribution < -0.4 is 0 Å². The van der Waals surface area contributed by atoms with Crippen LogP contribution in [0.5, 0.6) is 0 Å². The average molecular weight is 334 g/mol. The summed E-state index contributed by atoms with van der Waals surface area (Å²) in [4.78, 5) is 14.3. The van der Waals surface area contributed by atoms with Crippen LogP contribution in [0.1, 0.15) is 40.5 Å². The van der Waals surface area contributed by atoms with Crippen LogP contribution in [0.4, 0.5) is 0 Å². The maximum absolute atomic E-state index is 12.2. The summed E-state index contributed by atoms with van der Waals surface area (Å²) in [5.41, 5.74) is -0.489. The predicted octanol–water partition coefficient (Wildman–Crippen LogP) is 1.32. The summed E-state index contributed by atoms with van der Waals surface area (Å²) in [6, 6.07) is -0.300. The molecule has 130 valence electrons. The molecule has 1 aliphatic heterocycles. The molecule has 0 aromatic heterocycles. The van der Waals surface area contributed by atoms with E-state index in [1.165, 1.54) is 10.6 Å². The fourth-order valence-corrected chi connectivity index (χ4v) is 3.11. The van der Waals surface area contributed by atoms with Crippen LogP contribution in [0.15, 0.2) is 0 Å². The standard InChI is InChI=1S/C15H30N2O4S/c1-12(14(18)21-15(2,3)4)17-9-7-8-13(11-17)10-16(5)22(6,19)20/h12-13H,7-11H2,1-6H3/t12-,13+/m1/s1. The van der Waals surface area contributed by atoms with Gasteiger partial charge in [-0.1, -0.05) is 0 Å². The van der Waals surface area contributed by atoms with E-state index in [9.17, 15) is 13.2 Å². The second kappa shape index (κ2) is 7.27. The monoisotopic (exact) mass is 334 g/mol. The van der Waals surface area contributed by atoms with E-state index in [0.29, 0.717) is 6.54 Å². The third-order valence-electron chi connectivity index (χ3n) is 3.93. The van der Waals surface area contributed by atoms with Gasteiger partial charge in [0, 0.05) is 20.1 Å². The minimum Gasteiger partial charge on any atom is -0.459 e. The van der Waals surface area contributed by atoms with Crippen molar-refractivity contribution < 1.29 is 17.9 Å². The molecule has 0 aliphatic carbocycles. The van der Waals surface area contributed by atoms with Crippen molar-refractivity contribution in [3.8, 4) is 0 Å². The van der Waals surface area contributed by atoms with E-state index in [0.717, 1.165) is 25.9 Å². The quantitative estimate of drug-likeness (QED) is 0.710. The number of carbonyl (C=O) groups is 1. The highest BCUT2D eigenvalue weighted by Crippen LogP contribution is 2.21. The zero-order valence-corrected chi connectivity index (χ0v) is 15.4. The zero-order chi connectivity index (χ0) is 17.1. The molecule has 0 aromatic carbocycles. The fraction of sp³-hybridized carbons (Fsp3) is 0.933. The van der Waals surface area contributed by atoms with Crippen molar-refractivity contribution >= 4 is 16.0 Å². The third-order valence-corrected chi connectivity index (χ3v) is 5.21. The van der Waals surface area contributed by atoms with Crippen LogP contribution in [-0.4, -0.2) is 68.2 Å². The molecule has 0 amide bonds. The van der Waals surface area contributed by atoms with Crippen molar-refractivity contribution in [1.82, 2.24) is 9.21 Å². The first-order valence-electron chi connectivity index (χ1n) is 7.78. The topological polar surface area (TPSA) is 66.9 Å². The molecule has 0 bridgehead atoms. The van der Waals surface area contributed by atoms with Crippen LogP contribution >= 0.6 is 0 Å². The third kappa shape index (κ3) is 6.22. The summed E-state index contributed by atoms with van der Waals surface area (Å²) in [6.45, 7) is 9.50. The van der Waals surface area contributed by atoms with Gasteiger partial charge in [-0.15, -0.1) is 0 Å². The first-order valence-corrected chi connectivity index (χ1v) is 9.63. The van der Waals surface area contributed by atoms with Gasteiger partial charge in [0.2, 0.25) is 10.0 Å². The molecule has 2 atom stereocenters. The number of carbonyl (C=O) groups excluding carboxylic acids is 1. The van der Waals surface area contributed by atoms with Crippen molar-refractivity contribution in [2.24, 2.45) is 5.92 Å². The lowest BCUT2D eigenvalue weighted by atomic mass is 9.97. The summed E-state index contributed by atoms with van der Waals surface area (Å²) in [6.07, 6.45) is 3.17. The van der Waals surface area contributed by atoms with Crippen LogP contribution in [0.2, 0.25) is 0 Å². The molecule has 1 fully saturated rings. The number of hydrogen-bond donors (Lipinski definition) is 0. The van der Waals surface area contributed by atoms with Crippen LogP contribution in [0.3, 0.4) is 0 Å². The molecule has 1 rings (SSSR count). The van der Waals surface area contributed by atoms with E-state index in [-0.39, 0.29) is 17.9 Å². The maximum Gasteiger partial charge on any atom is 0.323 e. The van der Waals surface area contributed by atoms with Crippen LogP contribution in [0.25, 0.3) is 0 Å². The number of ether oxygens (including phenoxy) is 1. The van der Waals surface area contributed by atoms with E-state index in [2.05, 4.69) is 4.90 Å². The van der Waals surface area contributed by atoms with E-state index < -0.39 is 15.6 Å². The smallest absolute Gasteiger partial charge is 0.323 e. The van der Waals surface area contributed by atoms with Crippen molar-refractivity contribution in [2.45, 2.75) is 52.2 Å². The minimum absolute atomic E-state index is 0.218. The van der Waals surface area contributed by atoms with E-state index in [4.69, 9.17) is 4.74 Å². The number of likely N-dealkylation sites (tertiary alicyclic amines) is 1. The van der Waals surface area contributed by atoms with Gasteiger partial charge in [-0.05, 0) is 53.0 Å². The summed E-state index contributed by atoms with van der Waals surface area (Å²) in [5, 5.41) is 0. The molecule has 22 heavy (non-hydrogen) atoms. The molecule has 6 nitrogen and oxygen atoms in total. The molecular formula is C15H30N2O4S.